The zero-order chi connectivity index (χ0) is 21.5. The molecule has 1 saturated heterocycles. The molecule has 0 aromatic carbocycles. The number of H-pyrrole nitrogens is 1. The van der Waals surface area contributed by atoms with Gasteiger partial charge in [-0.2, -0.15) is 5.10 Å². The summed E-state index contributed by atoms with van der Waals surface area (Å²) in [6.07, 6.45) is -0.436. The second-order valence-electron chi connectivity index (χ2n) is 8.39. The lowest BCUT2D eigenvalue weighted by molar-refractivity contribution is 0.0682. The number of ether oxygens (including phenoxy) is 2. The van der Waals surface area contributed by atoms with E-state index in [4.69, 9.17) is 9.47 Å². The molecule has 160 valence electrons. The second kappa shape index (κ2) is 7.60. The monoisotopic (exact) mass is 414 g/mol. The average molecular weight is 414 g/mol. The molecular weight excluding hydrogens is 388 g/mol. The molecule has 4 N–H and O–H groups in total. The first-order chi connectivity index (χ1) is 14.2. The molecule has 0 aliphatic carbocycles. The minimum Gasteiger partial charge on any atom is -0.444 e. The Bertz CT molecular complexity index is 970. The van der Waals surface area contributed by atoms with Crippen molar-refractivity contribution in [1.29, 1.82) is 0 Å². The van der Waals surface area contributed by atoms with Crippen molar-refractivity contribution in [2.24, 2.45) is 0 Å². The average Bonchev–Trinajstić information content (AvgIpc) is 3.34. The summed E-state index contributed by atoms with van der Waals surface area (Å²) in [6.45, 7) is 7.91. The molecule has 2 atom stereocenters. The molecule has 0 radical (unpaired) electrons. The number of hydrogen-bond acceptors (Lipinski definition) is 7. The molecule has 10 heteroatoms. The van der Waals surface area contributed by atoms with Gasteiger partial charge in [0.05, 0.1) is 29.1 Å². The highest BCUT2D eigenvalue weighted by Gasteiger charge is 2.37. The molecular formula is C20H26N6O4. The van der Waals surface area contributed by atoms with Crippen molar-refractivity contribution in [3.63, 3.8) is 0 Å². The van der Waals surface area contributed by atoms with Crippen molar-refractivity contribution >= 4 is 23.6 Å². The molecule has 2 aliphatic rings. The predicted octanol–water partition coefficient (Wildman–Crippen LogP) is 2.49. The maximum atomic E-state index is 12.0. The van der Waals surface area contributed by atoms with E-state index in [0.717, 1.165) is 5.69 Å². The number of nitrogens with one attached hydrogen (secondary N) is 4. The Kier molecular flexibility index (Phi) is 5.10. The maximum Gasteiger partial charge on any atom is 0.407 e. The summed E-state index contributed by atoms with van der Waals surface area (Å²) in [6, 6.07) is 5.36. The highest BCUT2D eigenvalue weighted by atomic mass is 16.6. The summed E-state index contributed by atoms with van der Waals surface area (Å²) < 4.78 is 11.1. The predicted molar refractivity (Wildman–Crippen MR) is 108 cm³/mol. The summed E-state index contributed by atoms with van der Waals surface area (Å²) in [5.41, 5.74) is 1.55. The zero-order valence-electron chi connectivity index (χ0n) is 17.4. The first-order valence-electron chi connectivity index (χ1n) is 9.96. The van der Waals surface area contributed by atoms with Crippen molar-refractivity contribution in [3.8, 4) is 0 Å². The fourth-order valence-corrected chi connectivity index (χ4v) is 3.61. The van der Waals surface area contributed by atoms with Gasteiger partial charge in [0.2, 0.25) is 0 Å². The standard InChI is InChI=1S/C20H26N6O4/c1-10(2)21-19(28)30-11-7-14(29-9-11)13-8-16(26-25-13)22-15-6-5-12-17(23-15)20(3,4)24-18(12)27/h5-6,8,10-11,14H,7,9H2,1-4H3,(H,21,28)(H,24,27)(H2,22,23,25,26). The van der Waals surface area contributed by atoms with E-state index in [1.54, 1.807) is 12.1 Å². The van der Waals surface area contributed by atoms with Crippen LogP contribution in [-0.4, -0.2) is 45.9 Å². The molecule has 2 unspecified atom stereocenters. The number of hydrogen-bond donors (Lipinski definition) is 4. The van der Waals surface area contributed by atoms with Gasteiger partial charge in [0.15, 0.2) is 5.82 Å². The van der Waals surface area contributed by atoms with E-state index in [2.05, 4.69) is 31.1 Å². The van der Waals surface area contributed by atoms with E-state index in [0.29, 0.717) is 35.9 Å². The van der Waals surface area contributed by atoms with Gasteiger partial charge in [0, 0.05) is 18.5 Å². The topological polar surface area (TPSA) is 130 Å². The summed E-state index contributed by atoms with van der Waals surface area (Å²) in [4.78, 5) is 28.3. The number of aromatic nitrogens is 3. The van der Waals surface area contributed by atoms with E-state index >= 15 is 0 Å². The molecule has 0 bridgehead atoms. The molecule has 2 amide bonds. The lowest BCUT2D eigenvalue weighted by Gasteiger charge is -2.18. The van der Waals surface area contributed by atoms with Gasteiger partial charge < -0.3 is 25.4 Å². The number of nitrogens with zero attached hydrogens (tertiary/aromatic N) is 2. The van der Waals surface area contributed by atoms with Crippen molar-refractivity contribution in [1.82, 2.24) is 25.8 Å². The Balaban J connectivity index is 1.39. The van der Waals surface area contributed by atoms with Crippen LogP contribution in [0.1, 0.15) is 62.0 Å². The van der Waals surface area contributed by atoms with Crippen LogP contribution in [0.25, 0.3) is 0 Å². The summed E-state index contributed by atoms with van der Waals surface area (Å²) in [5.74, 6) is 1.06. The SMILES string of the molecule is CC(C)NC(=O)OC1COC(c2cc(Nc3ccc4c(n3)C(C)(C)NC4=O)n[nH]2)C1. The summed E-state index contributed by atoms with van der Waals surface area (Å²) >= 11 is 0. The molecule has 30 heavy (non-hydrogen) atoms. The van der Waals surface area contributed by atoms with Crippen molar-refractivity contribution < 1.29 is 19.1 Å². The molecule has 4 rings (SSSR count). The maximum absolute atomic E-state index is 12.0. The van der Waals surface area contributed by atoms with Crippen molar-refractivity contribution in [2.45, 2.75) is 57.9 Å². The summed E-state index contributed by atoms with van der Waals surface area (Å²) in [5, 5.41) is 16.0. The third-order valence-corrected chi connectivity index (χ3v) is 5.00. The number of rotatable bonds is 5. The van der Waals surface area contributed by atoms with Crippen LogP contribution in [0.3, 0.4) is 0 Å². The number of carbonyl (C=O) groups is 2. The number of alkyl carbamates (subject to hydrolysis) is 1. The fraction of sp³-hybridized carbons (Fsp3) is 0.500. The highest BCUT2D eigenvalue weighted by Crippen LogP contribution is 2.32. The molecule has 2 aromatic rings. The van der Waals surface area contributed by atoms with Crippen LogP contribution in [0.2, 0.25) is 0 Å². The Morgan fingerprint density at radius 3 is 2.90 bits per heavy atom. The molecule has 2 aromatic heterocycles. The minimum atomic E-state index is -0.518. The Labute approximate surface area is 174 Å². The lowest BCUT2D eigenvalue weighted by atomic mass is 10.0. The van der Waals surface area contributed by atoms with Crippen LogP contribution in [0.5, 0.6) is 0 Å². The number of aromatic amines is 1. The Hall–Kier alpha value is -3.14. The molecule has 4 heterocycles. The number of amides is 2. The fourth-order valence-electron chi connectivity index (χ4n) is 3.61. The van der Waals surface area contributed by atoms with Crippen LogP contribution in [0.15, 0.2) is 18.2 Å². The van der Waals surface area contributed by atoms with Gasteiger partial charge in [-0.05, 0) is 39.8 Å². The van der Waals surface area contributed by atoms with Crippen LogP contribution < -0.4 is 16.0 Å². The van der Waals surface area contributed by atoms with E-state index in [1.165, 1.54) is 0 Å². The summed E-state index contributed by atoms with van der Waals surface area (Å²) in [7, 11) is 0. The third-order valence-electron chi connectivity index (χ3n) is 5.00. The number of fused-ring (bicyclic) bond motifs is 1. The van der Waals surface area contributed by atoms with Gasteiger partial charge in [-0.1, -0.05) is 0 Å². The van der Waals surface area contributed by atoms with Crippen LogP contribution >= 0.6 is 0 Å². The van der Waals surface area contributed by atoms with Gasteiger partial charge in [0.1, 0.15) is 18.0 Å². The van der Waals surface area contributed by atoms with E-state index < -0.39 is 11.6 Å². The number of pyridine rings is 1. The second-order valence-corrected chi connectivity index (χ2v) is 8.39. The first-order valence-corrected chi connectivity index (χ1v) is 9.96. The molecule has 0 saturated carbocycles. The zero-order valence-corrected chi connectivity index (χ0v) is 17.4. The van der Waals surface area contributed by atoms with Gasteiger partial charge in [-0.25, -0.2) is 9.78 Å². The minimum absolute atomic E-state index is 0.0177. The van der Waals surface area contributed by atoms with Crippen molar-refractivity contribution in [3.05, 3.63) is 35.2 Å². The first kappa shape index (κ1) is 20.1. The van der Waals surface area contributed by atoms with Crippen LogP contribution in [0.4, 0.5) is 16.4 Å². The Morgan fingerprint density at radius 2 is 2.13 bits per heavy atom. The normalized spacial score (nSPS) is 22.0. The van der Waals surface area contributed by atoms with Crippen molar-refractivity contribution in [2.75, 3.05) is 11.9 Å². The van der Waals surface area contributed by atoms with Gasteiger partial charge in [0.25, 0.3) is 5.91 Å². The molecule has 0 spiro atoms. The highest BCUT2D eigenvalue weighted by molar-refractivity contribution is 5.99. The molecule has 2 aliphatic heterocycles. The number of anilines is 2. The molecule has 1 fully saturated rings. The van der Waals surface area contributed by atoms with E-state index in [9.17, 15) is 9.59 Å². The largest absolute Gasteiger partial charge is 0.444 e. The number of carbonyl (C=O) groups excluding carboxylic acids is 2. The van der Waals surface area contributed by atoms with Gasteiger partial charge in [-0.15, -0.1) is 0 Å². The van der Waals surface area contributed by atoms with E-state index in [-0.39, 0.29) is 24.2 Å². The lowest BCUT2D eigenvalue weighted by Crippen LogP contribution is -2.33. The van der Waals surface area contributed by atoms with Crippen LogP contribution in [0, 0.1) is 0 Å². The van der Waals surface area contributed by atoms with E-state index in [1.807, 2.05) is 33.8 Å². The third kappa shape index (κ3) is 4.09. The van der Waals surface area contributed by atoms with Gasteiger partial charge >= 0.3 is 6.09 Å². The smallest absolute Gasteiger partial charge is 0.407 e. The quantitative estimate of drug-likeness (QED) is 0.591. The van der Waals surface area contributed by atoms with Gasteiger partial charge in [-0.3, -0.25) is 9.89 Å². The van der Waals surface area contributed by atoms with Crippen LogP contribution in [-0.2, 0) is 15.0 Å². The Morgan fingerprint density at radius 1 is 1.33 bits per heavy atom. The molecule has 10 nitrogen and oxygen atoms in total.